The van der Waals surface area contributed by atoms with Crippen LogP contribution in [0, 0.1) is 35.6 Å². The Bertz CT molecular complexity index is 248. The zero-order valence-corrected chi connectivity index (χ0v) is 13.7. The Kier molecular flexibility index (Phi) is 15.3. The maximum absolute atomic E-state index is 10.4. The first-order valence-electron chi connectivity index (χ1n) is 5.55. The van der Waals surface area contributed by atoms with Crippen molar-refractivity contribution in [1.82, 2.24) is 0 Å². The average Bonchev–Trinajstić information content (AvgIpc) is 2.20. The van der Waals surface area contributed by atoms with Gasteiger partial charge in [-0.05, 0) is 37.8 Å². The molecule has 2 amide bonds. The summed E-state index contributed by atoms with van der Waals surface area (Å²) in [5.74, 6) is -0.784. The Hall–Kier alpha value is -0.385. The summed E-state index contributed by atoms with van der Waals surface area (Å²) in [6.07, 6.45) is 12.5. The summed E-state index contributed by atoms with van der Waals surface area (Å²) >= 11 is 0. The van der Waals surface area contributed by atoms with Crippen LogP contribution in [0.25, 0.3) is 0 Å². The molecule has 0 aromatic rings. The van der Waals surface area contributed by atoms with Crippen molar-refractivity contribution in [2.75, 3.05) is 0 Å². The van der Waals surface area contributed by atoms with Crippen LogP contribution in [-0.4, -0.2) is 11.8 Å². The van der Waals surface area contributed by atoms with E-state index in [1.807, 2.05) is 0 Å². The molecule has 0 spiro atoms. The molecule has 0 aliphatic carbocycles. The number of carbonyl (C=O) groups is 2. The molecule has 0 aromatic heterocycles. The second-order valence-corrected chi connectivity index (χ2v) is 3.60. The molecule has 5 heteroatoms. The molecule has 0 aromatic carbocycles. The zero-order chi connectivity index (χ0) is 12.2. The molecule has 0 aliphatic rings. The van der Waals surface area contributed by atoms with Crippen LogP contribution >= 0.6 is 0 Å². The van der Waals surface area contributed by atoms with Crippen molar-refractivity contribution in [3.63, 3.8) is 0 Å². The van der Waals surface area contributed by atoms with Gasteiger partial charge in [0.1, 0.15) is 0 Å². The van der Waals surface area contributed by atoms with Crippen LogP contribution in [0.3, 0.4) is 0 Å². The number of rotatable bonds is 9. The van der Waals surface area contributed by atoms with Crippen molar-refractivity contribution in [3.05, 3.63) is 24.3 Å². The maximum atomic E-state index is 10.4. The van der Waals surface area contributed by atoms with Gasteiger partial charge in [-0.2, -0.15) is 0 Å². The van der Waals surface area contributed by atoms with Crippen LogP contribution in [0.1, 0.15) is 38.5 Å². The van der Waals surface area contributed by atoms with Crippen molar-refractivity contribution < 1.29 is 45.2 Å². The fraction of sp³-hybridized carbons (Fsp3) is 0.500. The predicted molar refractivity (Wildman–Crippen MR) is 64.4 cm³/mol. The molecule has 0 bridgehead atoms. The summed E-state index contributed by atoms with van der Waals surface area (Å²) in [5, 5.41) is 0. The van der Waals surface area contributed by atoms with E-state index in [4.69, 9.17) is 11.5 Å². The molecule has 4 nitrogen and oxygen atoms in total. The number of hydrogen-bond donors (Lipinski definition) is 2. The van der Waals surface area contributed by atoms with Gasteiger partial charge in [0.05, 0.1) is 0 Å². The number of unbranched alkanes of at least 4 members (excludes halogenated alkanes) is 5. The summed E-state index contributed by atoms with van der Waals surface area (Å²) in [5.41, 5.74) is 9.88. The van der Waals surface area contributed by atoms with E-state index in [2.05, 4.69) is 0 Å². The Morgan fingerprint density at radius 1 is 0.765 bits per heavy atom. The van der Waals surface area contributed by atoms with Crippen LogP contribution in [0.15, 0.2) is 24.3 Å². The molecule has 0 rings (SSSR count). The average molecular weight is 363 g/mol. The van der Waals surface area contributed by atoms with E-state index in [-0.39, 0.29) is 35.6 Å². The number of allylic oxidation sites excluding steroid dienone is 2. The van der Waals surface area contributed by atoms with Gasteiger partial charge in [0.15, 0.2) is 0 Å². The molecule has 0 aliphatic heterocycles. The van der Waals surface area contributed by atoms with Crippen LogP contribution in [0.2, 0.25) is 0 Å². The van der Waals surface area contributed by atoms with Crippen LogP contribution in [0.4, 0.5) is 0 Å². The number of amides is 2. The predicted octanol–water partition coefficient (Wildman–Crippen LogP) is 1.41. The summed E-state index contributed by atoms with van der Waals surface area (Å²) in [6, 6.07) is 0. The molecule has 4 N–H and O–H groups in total. The molecule has 0 fully saturated rings. The van der Waals surface area contributed by atoms with Crippen molar-refractivity contribution in [2.45, 2.75) is 38.5 Å². The second kappa shape index (κ2) is 13.7. The van der Waals surface area contributed by atoms with E-state index in [0.29, 0.717) is 0 Å². The summed E-state index contributed by atoms with van der Waals surface area (Å²) < 4.78 is 0. The van der Waals surface area contributed by atoms with Gasteiger partial charge in [-0.25, -0.2) is 0 Å². The van der Waals surface area contributed by atoms with Gasteiger partial charge in [-0.15, -0.1) is 0 Å². The number of nitrogens with two attached hydrogens (primary N) is 2. The topological polar surface area (TPSA) is 86.2 Å². The number of hydrogen-bond acceptors (Lipinski definition) is 2. The Balaban J connectivity index is 0. The molecular weight excluding hydrogens is 343 g/mol. The largest absolute Gasteiger partial charge is 0.366 e. The van der Waals surface area contributed by atoms with Crippen molar-refractivity contribution >= 4 is 11.8 Å². The molecule has 0 atom stereocenters. The van der Waals surface area contributed by atoms with Crippen molar-refractivity contribution in [3.8, 4) is 0 Å². The maximum Gasteiger partial charge on any atom is 0.241 e. The standard InChI is InChI=1S/C12H20N2O2.La/c13-11(15)9-7-5-3-1-2-4-6-8-10-12(14)16;/h7-10H,1-6H2,(H2,13,15)(H2,14,16);. The summed E-state index contributed by atoms with van der Waals surface area (Å²) in [4.78, 5) is 20.7. The van der Waals surface area contributed by atoms with Gasteiger partial charge in [0.25, 0.3) is 0 Å². The first-order chi connectivity index (χ1) is 7.63. The Labute approximate surface area is 130 Å². The molecule has 17 heavy (non-hydrogen) atoms. The zero-order valence-electron chi connectivity index (χ0n) is 10.1. The Morgan fingerprint density at radius 3 is 1.41 bits per heavy atom. The summed E-state index contributed by atoms with van der Waals surface area (Å²) in [7, 11) is 0. The Morgan fingerprint density at radius 2 is 1.12 bits per heavy atom. The van der Waals surface area contributed by atoms with Gasteiger partial charge in [-0.1, -0.05) is 25.0 Å². The van der Waals surface area contributed by atoms with E-state index in [9.17, 15) is 9.59 Å². The van der Waals surface area contributed by atoms with Gasteiger partial charge in [0.2, 0.25) is 11.8 Å². The van der Waals surface area contributed by atoms with Gasteiger partial charge in [-0.3, -0.25) is 9.59 Å². The van der Waals surface area contributed by atoms with E-state index < -0.39 is 11.8 Å². The van der Waals surface area contributed by atoms with Crippen molar-refractivity contribution in [2.24, 2.45) is 11.5 Å². The minimum absolute atomic E-state index is 0. The minimum atomic E-state index is -0.392. The number of primary amides is 2. The van der Waals surface area contributed by atoms with Crippen LogP contribution in [0.5, 0.6) is 0 Å². The smallest absolute Gasteiger partial charge is 0.241 e. The first kappa shape index (κ1) is 19.0. The van der Waals surface area contributed by atoms with Crippen molar-refractivity contribution in [1.29, 1.82) is 0 Å². The fourth-order valence-electron chi connectivity index (χ4n) is 1.28. The van der Waals surface area contributed by atoms with Gasteiger partial charge >= 0.3 is 0 Å². The van der Waals surface area contributed by atoms with E-state index >= 15 is 0 Å². The van der Waals surface area contributed by atoms with E-state index in [0.717, 1.165) is 38.5 Å². The molecule has 93 valence electrons. The van der Waals surface area contributed by atoms with Gasteiger partial charge in [0, 0.05) is 35.6 Å². The minimum Gasteiger partial charge on any atom is -0.366 e. The molecule has 0 saturated heterocycles. The fourth-order valence-corrected chi connectivity index (χ4v) is 1.28. The normalized spacial score (nSPS) is 10.6. The van der Waals surface area contributed by atoms with E-state index in [1.165, 1.54) is 12.2 Å². The molecule has 0 heterocycles. The molecule has 0 unspecified atom stereocenters. The third kappa shape index (κ3) is 18.2. The monoisotopic (exact) mass is 363 g/mol. The quantitative estimate of drug-likeness (QED) is 0.479. The van der Waals surface area contributed by atoms with Crippen LogP contribution < -0.4 is 11.5 Å². The second-order valence-electron chi connectivity index (χ2n) is 3.60. The summed E-state index contributed by atoms with van der Waals surface area (Å²) in [6.45, 7) is 0. The number of carbonyl (C=O) groups excluding carboxylic acids is 2. The SMILES string of the molecule is NC(=O)C=CCCCCCCC=CC(N)=O.[La]. The molecule has 0 saturated carbocycles. The third-order valence-electron chi connectivity index (χ3n) is 2.06. The van der Waals surface area contributed by atoms with E-state index in [1.54, 1.807) is 12.2 Å². The van der Waals surface area contributed by atoms with Crippen LogP contribution in [-0.2, 0) is 9.59 Å². The van der Waals surface area contributed by atoms with Gasteiger partial charge < -0.3 is 11.5 Å². The first-order valence-corrected chi connectivity index (χ1v) is 5.55. The third-order valence-corrected chi connectivity index (χ3v) is 2.06. The molecule has 1 radical (unpaired) electrons. The molecular formula is C12H20LaN2O2.